The Hall–Kier alpha value is -6.30. The minimum absolute atomic E-state index is 0.0152. The number of nitrogens with one attached hydrogen (secondary N) is 3. The third-order valence-electron chi connectivity index (χ3n) is 8.25. The number of aromatic nitrogens is 2. The van der Waals surface area contributed by atoms with E-state index in [1.165, 1.54) is 31.0 Å². The maximum Gasteiger partial charge on any atom is 0.352 e. The Labute approximate surface area is 319 Å². The van der Waals surface area contributed by atoms with E-state index in [0.717, 1.165) is 28.5 Å². The number of thioether (sulfide) groups is 1. The summed E-state index contributed by atoms with van der Waals surface area (Å²) in [7, 11) is 0. The monoisotopic (exact) mass is 803 g/mol. The van der Waals surface area contributed by atoms with Gasteiger partial charge in [0.1, 0.15) is 41.0 Å². The summed E-state index contributed by atoms with van der Waals surface area (Å²) in [4.78, 5) is 90.9. The van der Waals surface area contributed by atoms with Gasteiger partial charge in [-0.3, -0.25) is 24.1 Å². The first-order valence-corrected chi connectivity index (χ1v) is 18.3. The molecule has 24 heteroatoms. The molecule has 2 aromatic rings. The topological polar surface area (TPSA) is 330 Å². The average Bonchev–Trinajstić information content (AvgIpc) is 3.56. The highest BCUT2D eigenvalue weighted by Crippen LogP contribution is 2.40. The van der Waals surface area contributed by atoms with Crippen molar-refractivity contribution in [3.05, 3.63) is 62.4 Å². The summed E-state index contributed by atoms with van der Waals surface area (Å²) in [5.74, 6) is -5.29. The van der Waals surface area contributed by atoms with E-state index in [2.05, 4.69) is 31.1 Å². The molecule has 3 amide bonds. The molecule has 0 radical (unpaired) electrons. The number of carboxylic acids is 2. The number of amidine groups is 1. The average molecular weight is 804 g/mol. The Morgan fingerprint density at radius 3 is 2.55 bits per heavy atom. The molecular formula is C31H37N11O11S2. The molecule has 11 N–H and O–H groups in total. The summed E-state index contributed by atoms with van der Waals surface area (Å²) in [6.07, 6.45) is 3.47. The molecule has 5 rings (SSSR count). The number of anilines is 1. The van der Waals surface area contributed by atoms with Crippen LogP contribution >= 0.6 is 23.1 Å². The smallest absolute Gasteiger partial charge is 0.352 e. The zero-order valence-corrected chi connectivity index (χ0v) is 30.8. The summed E-state index contributed by atoms with van der Waals surface area (Å²) in [6.45, 7) is 3.27. The number of aliphatic carboxylic acids is 2. The van der Waals surface area contributed by atoms with Gasteiger partial charge in [0.05, 0.1) is 11.9 Å². The number of hydrogen-bond donors (Lipinski definition) is 9. The normalized spacial score (nSPS) is 18.4. The van der Waals surface area contributed by atoms with Crippen molar-refractivity contribution in [1.82, 2.24) is 35.5 Å². The maximum absolute atomic E-state index is 13.4. The van der Waals surface area contributed by atoms with Crippen molar-refractivity contribution in [3.63, 3.8) is 0 Å². The number of nitrogens with two attached hydrogens (primary N) is 2. The van der Waals surface area contributed by atoms with E-state index in [0.29, 0.717) is 35.4 Å². The molecule has 0 aliphatic carbocycles. The molecule has 3 aliphatic rings. The van der Waals surface area contributed by atoms with E-state index in [-0.39, 0.29) is 53.6 Å². The summed E-state index contributed by atoms with van der Waals surface area (Å²) >= 11 is 2.23. The number of β-lactam (4-membered cyclic amide) rings is 1. The third-order valence-corrected chi connectivity index (χ3v) is 10.3. The Kier molecular flexibility index (Phi) is 11.9. The lowest BCUT2D eigenvalue weighted by molar-refractivity contribution is -0.161. The number of nitrogen functional groups attached to an aromatic ring is 1. The lowest BCUT2D eigenvalue weighted by Gasteiger charge is -2.49. The molecule has 5 heterocycles. The first-order chi connectivity index (χ1) is 26.0. The predicted molar refractivity (Wildman–Crippen MR) is 196 cm³/mol. The lowest BCUT2D eigenvalue weighted by atomic mass is 10.0. The molecular weight excluding hydrogens is 767 g/mol. The molecule has 22 nitrogen and oxygen atoms in total. The molecule has 294 valence electrons. The van der Waals surface area contributed by atoms with Crippen LogP contribution in [-0.4, -0.2) is 130 Å². The molecule has 2 aromatic heterocycles. The number of pyridine rings is 1. The van der Waals surface area contributed by atoms with E-state index in [4.69, 9.17) is 16.3 Å². The highest BCUT2D eigenvalue weighted by molar-refractivity contribution is 8.00. The number of aromatic hydroxyl groups is 1. The van der Waals surface area contributed by atoms with Gasteiger partial charge < -0.3 is 57.7 Å². The number of carboxylic acid groups (broad SMARTS) is 2. The molecule has 0 saturated carbocycles. The molecule has 2 atom stereocenters. The van der Waals surface area contributed by atoms with E-state index >= 15 is 0 Å². The highest BCUT2D eigenvalue weighted by atomic mass is 32.2. The Balaban J connectivity index is 1.18. The van der Waals surface area contributed by atoms with Crippen LogP contribution in [0, 0.1) is 0 Å². The third kappa shape index (κ3) is 8.92. The first-order valence-electron chi connectivity index (χ1n) is 16.3. The van der Waals surface area contributed by atoms with Crippen molar-refractivity contribution >= 4 is 69.4 Å². The van der Waals surface area contributed by atoms with Crippen LogP contribution in [0.25, 0.3) is 0 Å². The summed E-state index contributed by atoms with van der Waals surface area (Å²) in [6, 6.07) is -0.330. The van der Waals surface area contributed by atoms with Gasteiger partial charge in [0.25, 0.3) is 17.7 Å². The fraction of sp³-hybridized carbons (Fsp3) is 0.387. The molecule has 1 unspecified atom stereocenters. The SMILES string of the molecule is CC(C)(O/N=C(\C(=O)N[C@@H]1C(=O)N2C(C(=O)O)=C(CN3C=C(NCCCCNC(=O)c4cc(=O)c(O)cn4O)C(N)=NC3)CSC12)c1csc(N)n1)C(=O)O. The van der Waals surface area contributed by atoms with Crippen LogP contribution in [0.1, 0.15) is 42.9 Å². The minimum atomic E-state index is -1.81. The second-order valence-electron chi connectivity index (χ2n) is 12.7. The van der Waals surface area contributed by atoms with E-state index in [1.54, 1.807) is 11.1 Å². The minimum Gasteiger partial charge on any atom is -0.503 e. The standard InChI is InChI=1S/C31H37N11O11S2/c1-31(2,29(50)51)53-39-20(16-12-55-30(33)37-16)25(46)38-21-26(47)42-22(28(48)49)14(11-54-27(21)42)8-40-9-15(23(32)36-13-40)34-5-3-4-6-35-24(45)17-7-18(43)19(44)10-41(17)52/h7,9-10,12,21,27,34,44,52H,3-6,8,11,13H2,1-2H3,(H2,32,36)(H2,33,37)(H,35,45)(H,38,46)(H,48,49)(H,50,51)/b39-20-/t21-,27?/m1/s1. The Bertz CT molecular complexity index is 2090. The van der Waals surface area contributed by atoms with Crippen molar-refractivity contribution in [2.24, 2.45) is 15.9 Å². The number of oxime groups is 1. The van der Waals surface area contributed by atoms with Crippen molar-refractivity contribution in [3.8, 4) is 5.75 Å². The Morgan fingerprint density at radius 2 is 1.87 bits per heavy atom. The van der Waals surface area contributed by atoms with Gasteiger partial charge in [-0.2, -0.15) is 4.73 Å². The van der Waals surface area contributed by atoms with Crippen LogP contribution in [0.4, 0.5) is 5.13 Å². The number of fused-ring (bicyclic) bond motifs is 1. The quantitative estimate of drug-likeness (QED) is 0.0304. The molecule has 1 fully saturated rings. The van der Waals surface area contributed by atoms with Crippen molar-refractivity contribution in [2.45, 2.75) is 43.7 Å². The number of unbranched alkanes of at least 4 members (excludes halogenated alkanes) is 1. The van der Waals surface area contributed by atoms with Gasteiger partial charge in [-0.25, -0.2) is 19.6 Å². The van der Waals surface area contributed by atoms with Crippen LogP contribution in [-0.2, 0) is 24.0 Å². The van der Waals surface area contributed by atoms with E-state index in [9.17, 15) is 49.3 Å². The van der Waals surface area contributed by atoms with Gasteiger partial charge in [-0.1, -0.05) is 5.16 Å². The van der Waals surface area contributed by atoms with Gasteiger partial charge in [-0.15, -0.1) is 23.1 Å². The number of amides is 3. The largest absolute Gasteiger partial charge is 0.503 e. The molecule has 0 spiro atoms. The fourth-order valence-corrected chi connectivity index (χ4v) is 7.16. The van der Waals surface area contributed by atoms with Gasteiger partial charge in [-0.05, 0) is 32.3 Å². The first kappa shape index (κ1) is 39.9. The lowest BCUT2D eigenvalue weighted by Crippen LogP contribution is -2.71. The van der Waals surface area contributed by atoms with Crippen LogP contribution < -0.4 is 32.8 Å². The summed E-state index contributed by atoms with van der Waals surface area (Å²) in [5.41, 5.74) is 9.06. The zero-order chi connectivity index (χ0) is 40.2. The van der Waals surface area contributed by atoms with Crippen LogP contribution in [0.3, 0.4) is 0 Å². The number of carbonyl (C=O) groups is 5. The molecule has 1 saturated heterocycles. The van der Waals surface area contributed by atoms with Crippen LogP contribution in [0.15, 0.2) is 55.8 Å². The summed E-state index contributed by atoms with van der Waals surface area (Å²) in [5, 5.41) is 51.4. The number of rotatable bonds is 16. The van der Waals surface area contributed by atoms with E-state index in [1.807, 2.05) is 0 Å². The Morgan fingerprint density at radius 1 is 1.15 bits per heavy atom. The van der Waals surface area contributed by atoms with Gasteiger partial charge in [0.15, 0.2) is 16.6 Å². The number of thiazole rings is 1. The van der Waals surface area contributed by atoms with E-state index < -0.39 is 63.6 Å². The second kappa shape index (κ2) is 16.4. The number of hydrogen-bond acceptors (Lipinski definition) is 18. The maximum atomic E-state index is 13.4. The van der Waals surface area contributed by atoms with Gasteiger partial charge >= 0.3 is 11.9 Å². The predicted octanol–water partition coefficient (Wildman–Crippen LogP) is -1.58. The molecule has 0 aromatic carbocycles. The van der Waals surface area contributed by atoms with Crippen molar-refractivity contribution in [2.75, 3.05) is 37.8 Å². The van der Waals surface area contributed by atoms with Gasteiger partial charge in [0.2, 0.25) is 11.0 Å². The zero-order valence-electron chi connectivity index (χ0n) is 29.2. The molecule has 55 heavy (non-hydrogen) atoms. The second-order valence-corrected chi connectivity index (χ2v) is 14.6. The molecule has 3 aliphatic heterocycles. The fourth-order valence-electron chi connectivity index (χ4n) is 5.28. The number of carbonyl (C=O) groups excluding carboxylic acids is 3. The summed E-state index contributed by atoms with van der Waals surface area (Å²) < 4.78 is 0.357. The van der Waals surface area contributed by atoms with Crippen LogP contribution in [0.5, 0.6) is 5.75 Å². The van der Waals surface area contributed by atoms with Crippen LogP contribution in [0.2, 0.25) is 0 Å². The number of aliphatic imine (C=N–C) groups is 1. The number of nitrogens with zero attached hydrogens (tertiary/aromatic N) is 6. The van der Waals surface area contributed by atoms with Crippen molar-refractivity contribution < 1.29 is 49.3 Å². The van der Waals surface area contributed by atoms with Gasteiger partial charge in [0, 0.05) is 43.0 Å². The molecule has 0 bridgehead atoms. The highest BCUT2D eigenvalue weighted by Gasteiger charge is 2.54. The van der Waals surface area contributed by atoms with Crippen molar-refractivity contribution in [1.29, 1.82) is 0 Å².